The minimum Gasteiger partial charge on any atom is -0.494 e. The normalized spacial score (nSPS) is 10.3. The van der Waals surface area contributed by atoms with Crippen molar-refractivity contribution in [1.82, 2.24) is 0 Å². The Balaban J connectivity index is 2.26. The van der Waals surface area contributed by atoms with E-state index in [9.17, 15) is 4.79 Å². The van der Waals surface area contributed by atoms with E-state index in [1.165, 1.54) is 19.3 Å². The molecule has 20 heavy (non-hydrogen) atoms. The maximum Gasteiger partial charge on any atom is 0.338 e. The van der Waals surface area contributed by atoms with Crippen LogP contribution in [0.2, 0.25) is 0 Å². The zero-order valence-electron chi connectivity index (χ0n) is 12.1. The average Bonchev–Trinajstić information content (AvgIpc) is 2.49. The van der Waals surface area contributed by atoms with Crippen LogP contribution in [0.5, 0.6) is 5.75 Å². The monoisotopic (exact) mass is 342 g/mol. The van der Waals surface area contributed by atoms with E-state index in [2.05, 4.69) is 15.9 Å². The number of benzene rings is 1. The van der Waals surface area contributed by atoms with Gasteiger partial charge in [-0.2, -0.15) is 0 Å². The second-order valence-corrected chi connectivity index (χ2v) is 5.40. The lowest BCUT2D eigenvalue weighted by molar-refractivity contribution is 0.0505. The molecule has 0 aromatic heterocycles. The highest BCUT2D eigenvalue weighted by Gasteiger charge is 2.06. The number of unbranched alkanes of at least 4 members (excludes halogenated alkanes) is 3. The molecule has 0 amide bonds. The van der Waals surface area contributed by atoms with Gasteiger partial charge < -0.3 is 9.47 Å². The summed E-state index contributed by atoms with van der Waals surface area (Å²) in [6.45, 7) is 3.16. The van der Waals surface area contributed by atoms with Crippen LogP contribution in [0.1, 0.15) is 49.4 Å². The average molecular weight is 343 g/mol. The highest BCUT2D eigenvalue weighted by atomic mass is 79.9. The summed E-state index contributed by atoms with van der Waals surface area (Å²) in [5.74, 6) is 0.533. The molecule has 4 heteroatoms. The van der Waals surface area contributed by atoms with Gasteiger partial charge in [0.05, 0.1) is 18.8 Å². The molecule has 0 fully saturated rings. The van der Waals surface area contributed by atoms with Crippen LogP contribution in [0.25, 0.3) is 0 Å². The van der Waals surface area contributed by atoms with Crippen molar-refractivity contribution >= 4 is 21.9 Å². The van der Waals surface area contributed by atoms with E-state index in [1.54, 1.807) is 12.1 Å². The summed E-state index contributed by atoms with van der Waals surface area (Å²) in [5.41, 5.74) is 0.572. The largest absolute Gasteiger partial charge is 0.494 e. The second kappa shape index (κ2) is 10.7. The van der Waals surface area contributed by atoms with Crippen molar-refractivity contribution in [2.45, 2.75) is 39.0 Å². The van der Waals surface area contributed by atoms with Crippen LogP contribution >= 0.6 is 15.9 Å². The fourth-order valence-electron chi connectivity index (χ4n) is 1.71. The molecule has 0 radical (unpaired) electrons. The van der Waals surface area contributed by atoms with E-state index >= 15 is 0 Å². The summed E-state index contributed by atoms with van der Waals surface area (Å²) in [4.78, 5) is 11.6. The fraction of sp³-hybridized carbons (Fsp3) is 0.562. The number of ether oxygens (including phenoxy) is 2. The van der Waals surface area contributed by atoms with Gasteiger partial charge in [0.2, 0.25) is 0 Å². The van der Waals surface area contributed by atoms with Gasteiger partial charge in [-0.3, -0.25) is 0 Å². The number of hydrogen-bond acceptors (Lipinski definition) is 3. The number of alkyl halides is 1. The van der Waals surface area contributed by atoms with Crippen molar-refractivity contribution in [1.29, 1.82) is 0 Å². The van der Waals surface area contributed by atoms with E-state index in [4.69, 9.17) is 9.47 Å². The highest BCUT2D eigenvalue weighted by molar-refractivity contribution is 9.09. The Morgan fingerprint density at radius 2 is 1.75 bits per heavy atom. The van der Waals surface area contributed by atoms with Gasteiger partial charge in [-0.05, 0) is 43.5 Å². The summed E-state index contributed by atoms with van der Waals surface area (Å²) >= 11 is 3.42. The first-order chi connectivity index (χ1) is 9.77. The Morgan fingerprint density at radius 3 is 2.40 bits per heavy atom. The zero-order valence-corrected chi connectivity index (χ0v) is 13.7. The number of halogens is 1. The predicted molar refractivity (Wildman–Crippen MR) is 84.8 cm³/mol. The molecule has 0 aliphatic heterocycles. The van der Waals surface area contributed by atoms with Crippen LogP contribution in [0, 0.1) is 0 Å². The molecule has 0 aliphatic carbocycles. The highest BCUT2D eigenvalue weighted by Crippen LogP contribution is 2.14. The number of carbonyl (C=O) groups excluding carboxylic acids is 1. The second-order valence-electron chi connectivity index (χ2n) is 4.61. The predicted octanol–water partition coefficient (Wildman–Crippen LogP) is 4.59. The van der Waals surface area contributed by atoms with Crippen LogP contribution in [0.3, 0.4) is 0 Å². The minimum atomic E-state index is -0.270. The van der Waals surface area contributed by atoms with Crippen molar-refractivity contribution in [3.8, 4) is 5.75 Å². The summed E-state index contributed by atoms with van der Waals surface area (Å²) in [6.07, 6.45) is 5.54. The first-order valence-electron chi connectivity index (χ1n) is 7.24. The van der Waals surface area contributed by atoms with Gasteiger partial charge >= 0.3 is 5.97 Å². The molecule has 0 saturated heterocycles. The van der Waals surface area contributed by atoms with Gasteiger partial charge in [0.15, 0.2) is 0 Å². The Labute approximate surface area is 129 Å². The summed E-state index contributed by atoms with van der Waals surface area (Å²) < 4.78 is 10.7. The van der Waals surface area contributed by atoms with Gasteiger partial charge in [0.25, 0.3) is 0 Å². The van der Waals surface area contributed by atoms with Crippen molar-refractivity contribution < 1.29 is 14.3 Å². The van der Waals surface area contributed by atoms with Gasteiger partial charge in [-0.25, -0.2) is 4.79 Å². The number of esters is 1. The van der Waals surface area contributed by atoms with Crippen LogP contribution in [0.15, 0.2) is 24.3 Å². The molecule has 1 rings (SSSR count). The molecule has 0 N–H and O–H groups in total. The van der Waals surface area contributed by atoms with E-state index < -0.39 is 0 Å². The van der Waals surface area contributed by atoms with Gasteiger partial charge in [0.1, 0.15) is 5.75 Å². The first kappa shape index (κ1) is 17.0. The Kier molecular flexibility index (Phi) is 9.13. The molecule has 0 aliphatic rings. The lowest BCUT2D eigenvalue weighted by Gasteiger charge is -2.07. The van der Waals surface area contributed by atoms with E-state index in [0.29, 0.717) is 12.2 Å². The number of carbonyl (C=O) groups is 1. The number of rotatable bonds is 10. The Morgan fingerprint density at radius 1 is 1.05 bits per heavy atom. The van der Waals surface area contributed by atoms with E-state index in [0.717, 1.165) is 30.5 Å². The quantitative estimate of drug-likeness (QED) is 0.354. The van der Waals surface area contributed by atoms with Crippen molar-refractivity contribution in [3.05, 3.63) is 29.8 Å². The van der Waals surface area contributed by atoms with Crippen molar-refractivity contribution in [2.24, 2.45) is 0 Å². The van der Waals surface area contributed by atoms with Gasteiger partial charge in [0, 0.05) is 5.33 Å². The first-order valence-corrected chi connectivity index (χ1v) is 8.36. The topological polar surface area (TPSA) is 35.5 Å². The standard InChI is InChI=1S/C16H23BrO3/c1-2-12-20-16(18)14-7-9-15(10-8-14)19-13-6-4-3-5-11-17/h7-10H,2-6,11-13H2,1H3. The van der Waals surface area contributed by atoms with E-state index in [1.807, 2.05) is 19.1 Å². The third-order valence-corrected chi connectivity index (χ3v) is 3.38. The molecular formula is C16H23BrO3. The summed E-state index contributed by atoms with van der Waals surface area (Å²) in [7, 11) is 0. The smallest absolute Gasteiger partial charge is 0.338 e. The molecule has 3 nitrogen and oxygen atoms in total. The molecule has 1 aromatic carbocycles. The van der Waals surface area contributed by atoms with Gasteiger partial charge in [-0.15, -0.1) is 0 Å². The van der Waals surface area contributed by atoms with Crippen LogP contribution in [0.4, 0.5) is 0 Å². The third kappa shape index (κ3) is 6.94. The maximum atomic E-state index is 11.6. The molecule has 1 aromatic rings. The van der Waals surface area contributed by atoms with E-state index in [-0.39, 0.29) is 5.97 Å². The molecule has 0 unspecified atom stereocenters. The Bertz CT molecular complexity index is 376. The fourth-order valence-corrected chi connectivity index (χ4v) is 2.10. The molecular weight excluding hydrogens is 320 g/mol. The molecule has 112 valence electrons. The number of hydrogen-bond donors (Lipinski definition) is 0. The van der Waals surface area contributed by atoms with Crippen LogP contribution in [-0.2, 0) is 4.74 Å². The molecule has 0 saturated carbocycles. The maximum absolute atomic E-state index is 11.6. The lowest BCUT2D eigenvalue weighted by atomic mass is 10.2. The third-order valence-electron chi connectivity index (χ3n) is 2.82. The summed E-state index contributed by atoms with van der Waals surface area (Å²) in [6, 6.07) is 7.14. The molecule has 0 spiro atoms. The zero-order chi connectivity index (χ0) is 14.6. The van der Waals surface area contributed by atoms with Crippen LogP contribution in [-0.4, -0.2) is 24.5 Å². The lowest BCUT2D eigenvalue weighted by Crippen LogP contribution is -2.05. The van der Waals surface area contributed by atoms with Crippen molar-refractivity contribution in [3.63, 3.8) is 0 Å². The minimum absolute atomic E-state index is 0.270. The summed E-state index contributed by atoms with van der Waals surface area (Å²) in [5, 5.41) is 1.07. The molecule has 0 bridgehead atoms. The van der Waals surface area contributed by atoms with Crippen LogP contribution < -0.4 is 4.74 Å². The van der Waals surface area contributed by atoms with Crippen molar-refractivity contribution in [2.75, 3.05) is 18.5 Å². The Hall–Kier alpha value is -1.03. The molecule has 0 atom stereocenters. The SMILES string of the molecule is CCCOC(=O)c1ccc(OCCCCCCBr)cc1. The van der Waals surface area contributed by atoms with Gasteiger partial charge in [-0.1, -0.05) is 35.7 Å². The molecule has 0 heterocycles.